The van der Waals surface area contributed by atoms with Gasteiger partial charge in [0.1, 0.15) is 17.5 Å². The van der Waals surface area contributed by atoms with Gasteiger partial charge in [-0.15, -0.1) is 0 Å². The van der Waals surface area contributed by atoms with Gasteiger partial charge < -0.3 is 30.9 Å². The molecule has 0 saturated heterocycles. The second-order valence-corrected chi connectivity index (χ2v) is 14.4. The molecule has 0 aliphatic carbocycles. The quantitative estimate of drug-likeness (QED) is 0.147. The molecular formula is C36H48N4O7S. The molecule has 260 valence electrons. The standard InChI is InChI=1S/C36H48N4O7S/c1-5-26(11-10-12-27(23-41)40(22-21-24(2)3)48(44,45)28-19-17-25(37)18-20-28)38-35(42)34(39-36(43)46-4)33-29-13-6-8-15-31(29)47-32-16-9-7-14-30(32)33/h6-9,13-20,24,26-27,33-34,41H,5,10-12,21-23,37H2,1-4H3,(H,38,42)(H,39,43)/t26-,27-,34?/m0/s1. The summed E-state index contributed by atoms with van der Waals surface area (Å²) in [5.74, 6) is 0.531. The minimum Gasteiger partial charge on any atom is -0.457 e. The highest BCUT2D eigenvalue weighted by molar-refractivity contribution is 7.89. The molecule has 5 N–H and O–H groups in total. The fourth-order valence-corrected chi connectivity index (χ4v) is 7.71. The van der Waals surface area contributed by atoms with E-state index in [1.807, 2.05) is 69.3 Å². The predicted octanol–water partition coefficient (Wildman–Crippen LogP) is 5.39. The number of anilines is 1. The first-order chi connectivity index (χ1) is 23.0. The lowest BCUT2D eigenvalue weighted by Gasteiger charge is -2.34. The number of nitrogen functional groups attached to an aromatic ring is 1. The van der Waals surface area contributed by atoms with Crippen LogP contribution in [0.4, 0.5) is 10.5 Å². The monoisotopic (exact) mass is 680 g/mol. The normalized spacial score (nSPS) is 14.7. The maximum absolute atomic E-state index is 14.0. The number of para-hydroxylation sites is 2. The van der Waals surface area contributed by atoms with Gasteiger partial charge in [-0.2, -0.15) is 4.31 Å². The Morgan fingerprint density at radius 3 is 2.08 bits per heavy atom. The van der Waals surface area contributed by atoms with Crippen LogP contribution in [-0.2, 0) is 19.6 Å². The number of nitrogens with one attached hydrogen (secondary N) is 2. The number of rotatable bonds is 16. The molecule has 0 radical (unpaired) electrons. The molecule has 12 heteroatoms. The summed E-state index contributed by atoms with van der Waals surface area (Å²) in [5, 5.41) is 16.3. The number of carbonyl (C=O) groups excluding carboxylic acids is 2. The first-order valence-corrected chi connectivity index (χ1v) is 17.9. The van der Waals surface area contributed by atoms with Crippen LogP contribution in [0.5, 0.6) is 11.5 Å². The second kappa shape index (κ2) is 16.8. The zero-order chi connectivity index (χ0) is 34.8. The van der Waals surface area contributed by atoms with Crippen LogP contribution in [0, 0.1) is 5.92 Å². The molecule has 0 bridgehead atoms. The van der Waals surface area contributed by atoms with E-state index < -0.39 is 34.1 Å². The zero-order valence-corrected chi connectivity index (χ0v) is 28.9. The number of ether oxygens (including phenoxy) is 2. The Morgan fingerprint density at radius 2 is 1.54 bits per heavy atom. The Morgan fingerprint density at radius 1 is 0.938 bits per heavy atom. The van der Waals surface area contributed by atoms with Gasteiger partial charge in [0.25, 0.3) is 0 Å². The molecule has 3 aromatic carbocycles. The summed E-state index contributed by atoms with van der Waals surface area (Å²) in [5.41, 5.74) is 7.78. The SMILES string of the molecule is CC[C@@H](CCC[C@@H](CO)N(CCC(C)C)S(=O)(=O)c1ccc(N)cc1)NC(=O)C(NC(=O)OC)C1c2ccccc2Oc2ccccc21. The topological polar surface area (TPSA) is 160 Å². The number of nitrogens with zero attached hydrogens (tertiary/aromatic N) is 1. The van der Waals surface area contributed by atoms with Gasteiger partial charge in [-0.1, -0.05) is 57.2 Å². The number of aliphatic hydroxyl groups excluding tert-OH is 1. The highest BCUT2D eigenvalue weighted by atomic mass is 32.2. The van der Waals surface area contributed by atoms with Crippen LogP contribution in [0.3, 0.4) is 0 Å². The van der Waals surface area contributed by atoms with Crippen LogP contribution in [0.25, 0.3) is 0 Å². The lowest BCUT2D eigenvalue weighted by atomic mass is 9.82. The molecule has 1 unspecified atom stereocenters. The van der Waals surface area contributed by atoms with Crippen molar-refractivity contribution in [1.82, 2.24) is 14.9 Å². The molecule has 48 heavy (non-hydrogen) atoms. The number of methoxy groups -OCH3 is 1. The average molecular weight is 681 g/mol. The first-order valence-electron chi connectivity index (χ1n) is 16.5. The molecular weight excluding hydrogens is 632 g/mol. The highest BCUT2D eigenvalue weighted by Gasteiger charge is 2.39. The Labute approximate surface area is 283 Å². The first kappa shape index (κ1) is 36.7. The van der Waals surface area contributed by atoms with Crippen molar-refractivity contribution in [2.24, 2.45) is 5.92 Å². The second-order valence-electron chi connectivity index (χ2n) is 12.5. The van der Waals surface area contributed by atoms with Crippen LogP contribution >= 0.6 is 0 Å². The van der Waals surface area contributed by atoms with Crippen molar-refractivity contribution in [1.29, 1.82) is 0 Å². The molecule has 4 rings (SSSR count). The summed E-state index contributed by atoms with van der Waals surface area (Å²) in [6.07, 6.45) is 1.95. The van der Waals surface area contributed by atoms with Crippen LogP contribution in [0.15, 0.2) is 77.7 Å². The maximum atomic E-state index is 14.0. The van der Waals surface area contributed by atoms with Crippen molar-refractivity contribution in [3.63, 3.8) is 0 Å². The molecule has 0 aromatic heterocycles. The molecule has 1 heterocycles. The van der Waals surface area contributed by atoms with E-state index in [-0.39, 0.29) is 35.9 Å². The number of nitrogens with two attached hydrogens (primary N) is 1. The summed E-state index contributed by atoms with van der Waals surface area (Å²) in [6, 6.07) is 19.0. The summed E-state index contributed by atoms with van der Waals surface area (Å²) in [6.45, 7) is 5.92. The number of benzene rings is 3. The van der Waals surface area contributed by atoms with E-state index in [9.17, 15) is 23.1 Å². The van der Waals surface area contributed by atoms with E-state index in [1.165, 1.54) is 23.5 Å². The Bertz CT molecular complexity index is 1590. The molecule has 0 spiro atoms. The third-order valence-corrected chi connectivity index (χ3v) is 10.7. The van der Waals surface area contributed by atoms with E-state index in [0.717, 1.165) is 11.1 Å². The number of hydrogen-bond acceptors (Lipinski definition) is 8. The Kier molecular flexibility index (Phi) is 12.9. The maximum Gasteiger partial charge on any atom is 0.407 e. The van der Waals surface area contributed by atoms with Gasteiger partial charge in [-0.05, 0) is 74.4 Å². The van der Waals surface area contributed by atoms with Crippen LogP contribution in [-0.4, -0.2) is 68.2 Å². The van der Waals surface area contributed by atoms with Crippen molar-refractivity contribution in [2.75, 3.05) is 26.0 Å². The van der Waals surface area contributed by atoms with Crippen LogP contribution in [0.2, 0.25) is 0 Å². The Balaban J connectivity index is 1.51. The van der Waals surface area contributed by atoms with Crippen molar-refractivity contribution < 1.29 is 32.6 Å². The summed E-state index contributed by atoms with van der Waals surface area (Å²) in [7, 11) is -2.65. The van der Waals surface area contributed by atoms with Gasteiger partial charge in [0.15, 0.2) is 0 Å². The van der Waals surface area contributed by atoms with Crippen molar-refractivity contribution >= 4 is 27.7 Å². The lowest BCUT2D eigenvalue weighted by Crippen LogP contribution is -2.53. The fraction of sp³-hybridized carbons (Fsp3) is 0.444. The smallest absolute Gasteiger partial charge is 0.407 e. The van der Waals surface area contributed by atoms with E-state index in [1.54, 1.807) is 12.1 Å². The minimum absolute atomic E-state index is 0.123. The van der Waals surface area contributed by atoms with E-state index >= 15 is 0 Å². The molecule has 1 aliphatic rings. The summed E-state index contributed by atoms with van der Waals surface area (Å²) in [4.78, 5) is 26.7. The van der Waals surface area contributed by atoms with Gasteiger partial charge in [0.05, 0.1) is 18.6 Å². The van der Waals surface area contributed by atoms with Gasteiger partial charge in [0.2, 0.25) is 15.9 Å². The van der Waals surface area contributed by atoms with Crippen molar-refractivity contribution in [2.45, 2.75) is 81.8 Å². The molecule has 1 aliphatic heterocycles. The van der Waals surface area contributed by atoms with Crippen LogP contribution in [0.1, 0.15) is 69.9 Å². The van der Waals surface area contributed by atoms with Gasteiger partial charge >= 0.3 is 6.09 Å². The van der Waals surface area contributed by atoms with Crippen molar-refractivity contribution in [3.8, 4) is 11.5 Å². The largest absolute Gasteiger partial charge is 0.457 e. The predicted molar refractivity (Wildman–Crippen MR) is 185 cm³/mol. The molecule has 3 atom stereocenters. The molecule has 11 nitrogen and oxygen atoms in total. The number of hydrogen-bond donors (Lipinski definition) is 4. The Hall–Kier alpha value is -4.13. The number of carbonyl (C=O) groups is 2. The summed E-state index contributed by atoms with van der Waals surface area (Å²) < 4.78 is 39.9. The van der Waals surface area contributed by atoms with Crippen molar-refractivity contribution in [3.05, 3.63) is 83.9 Å². The number of sulfonamides is 1. The van der Waals surface area contributed by atoms with Crippen LogP contribution < -0.4 is 21.1 Å². The molecule has 2 amide bonds. The summed E-state index contributed by atoms with van der Waals surface area (Å²) >= 11 is 0. The molecule has 3 aromatic rings. The lowest BCUT2D eigenvalue weighted by molar-refractivity contribution is -0.124. The fourth-order valence-electron chi connectivity index (χ4n) is 6.05. The van der Waals surface area contributed by atoms with Gasteiger partial charge in [-0.3, -0.25) is 4.79 Å². The van der Waals surface area contributed by atoms with E-state index in [2.05, 4.69) is 10.6 Å². The highest BCUT2D eigenvalue weighted by Crippen LogP contribution is 2.45. The molecule has 0 fully saturated rings. The number of aliphatic hydroxyl groups is 1. The van der Waals surface area contributed by atoms with E-state index in [0.29, 0.717) is 49.3 Å². The third-order valence-electron chi connectivity index (χ3n) is 8.76. The zero-order valence-electron chi connectivity index (χ0n) is 28.1. The van der Waals surface area contributed by atoms with E-state index in [4.69, 9.17) is 15.2 Å². The van der Waals surface area contributed by atoms with Gasteiger partial charge in [0, 0.05) is 41.4 Å². The average Bonchev–Trinajstić information content (AvgIpc) is 3.08. The number of fused-ring (bicyclic) bond motifs is 2. The number of amides is 2. The minimum atomic E-state index is -3.90. The van der Waals surface area contributed by atoms with Gasteiger partial charge in [-0.25, -0.2) is 13.2 Å². The number of alkyl carbamates (subject to hydrolysis) is 1. The molecule has 0 saturated carbocycles. The third kappa shape index (κ3) is 8.86.